The number of benzene rings is 3. The van der Waals surface area contributed by atoms with E-state index < -0.39 is 82.2 Å². The van der Waals surface area contributed by atoms with Crippen molar-refractivity contribution in [2.24, 2.45) is 11.7 Å². The number of nitrogens with two attached hydrogens (primary N) is 1. The van der Waals surface area contributed by atoms with E-state index in [2.05, 4.69) is 5.32 Å². The lowest BCUT2D eigenvalue weighted by Gasteiger charge is -2.22. The number of ketones is 1. The van der Waals surface area contributed by atoms with Crippen LogP contribution in [0.25, 0.3) is 0 Å². The van der Waals surface area contributed by atoms with E-state index in [0.29, 0.717) is 16.7 Å². The van der Waals surface area contributed by atoms with Gasteiger partial charge in [0.1, 0.15) is 6.04 Å². The van der Waals surface area contributed by atoms with Crippen LogP contribution in [0.2, 0.25) is 0 Å². The lowest BCUT2D eigenvalue weighted by atomic mass is 9.89. The SMILES string of the molecule is NC(Cc1ccc(S(=O)(=O)O)cc1)C(=O)CC(Cc1ccc(S(=O)(=O)O)cc1)C(=O)NC(Cc1ccc(S(=O)(=O)O)cc1)C(=O)O. The molecule has 3 atom stereocenters. The number of amides is 1. The van der Waals surface area contributed by atoms with Crippen molar-refractivity contribution in [3.63, 3.8) is 0 Å². The molecule has 0 fully saturated rings. The first-order chi connectivity index (χ1) is 21.2. The van der Waals surface area contributed by atoms with E-state index in [0.717, 1.165) is 36.4 Å². The molecule has 18 heteroatoms. The predicted octanol–water partition coefficient (Wildman–Crippen LogP) is 0.927. The van der Waals surface area contributed by atoms with E-state index in [4.69, 9.17) is 14.8 Å². The van der Waals surface area contributed by atoms with Crippen molar-refractivity contribution in [2.45, 2.75) is 52.5 Å². The van der Waals surface area contributed by atoms with Crippen molar-refractivity contribution in [1.82, 2.24) is 5.32 Å². The van der Waals surface area contributed by atoms with E-state index >= 15 is 0 Å². The van der Waals surface area contributed by atoms with E-state index in [1.54, 1.807) is 0 Å². The summed E-state index contributed by atoms with van der Waals surface area (Å²) in [5.41, 5.74) is 7.19. The largest absolute Gasteiger partial charge is 0.480 e. The number of carboxylic acid groups (broad SMARTS) is 1. The normalized spacial score (nSPS) is 14.2. The molecule has 1 amide bonds. The van der Waals surface area contributed by atoms with Gasteiger partial charge in [0.05, 0.1) is 20.7 Å². The third-order valence-corrected chi connectivity index (χ3v) is 9.49. The first-order valence-electron chi connectivity index (χ1n) is 13.2. The monoisotopic (exact) mass is 698 g/mol. The highest BCUT2D eigenvalue weighted by atomic mass is 32.2. The summed E-state index contributed by atoms with van der Waals surface area (Å²) in [6.45, 7) is 0. The summed E-state index contributed by atoms with van der Waals surface area (Å²) >= 11 is 0. The third-order valence-electron chi connectivity index (χ3n) is 6.89. The highest BCUT2D eigenvalue weighted by Gasteiger charge is 2.29. The molecule has 0 heterocycles. The van der Waals surface area contributed by atoms with Crippen molar-refractivity contribution in [3.8, 4) is 0 Å². The molecule has 7 N–H and O–H groups in total. The highest BCUT2D eigenvalue weighted by Crippen LogP contribution is 2.19. The molecule has 3 unspecified atom stereocenters. The fourth-order valence-corrected chi connectivity index (χ4v) is 5.86. The molecular weight excluding hydrogens is 669 g/mol. The number of Topliss-reactive ketones (excluding diaryl/α,β-unsaturated/α-hetero) is 1. The number of hydrogen-bond acceptors (Lipinski definition) is 10. The minimum atomic E-state index is -4.51. The van der Waals surface area contributed by atoms with Crippen molar-refractivity contribution in [3.05, 3.63) is 89.5 Å². The van der Waals surface area contributed by atoms with Crippen LogP contribution in [0.1, 0.15) is 23.1 Å². The van der Waals surface area contributed by atoms with Crippen LogP contribution >= 0.6 is 0 Å². The number of nitrogens with one attached hydrogen (secondary N) is 1. The molecule has 0 aliphatic rings. The Morgan fingerprint density at radius 2 is 0.957 bits per heavy atom. The molecule has 46 heavy (non-hydrogen) atoms. The fourth-order valence-electron chi connectivity index (χ4n) is 4.42. The van der Waals surface area contributed by atoms with Crippen molar-refractivity contribution < 1.29 is 58.4 Å². The van der Waals surface area contributed by atoms with Gasteiger partial charge < -0.3 is 16.2 Å². The molecule has 0 spiro atoms. The van der Waals surface area contributed by atoms with Crippen LogP contribution in [-0.4, -0.2) is 73.8 Å². The van der Waals surface area contributed by atoms with Crippen molar-refractivity contribution in [2.75, 3.05) is 0 Å². The van der Waals surface area contributed by atoms with Crippen LogP contribution in [0.15, 0.2) is 87.5 Å². The quantitative estimate of drug-likeness (QED) is 0.121. The molecule has 0 saturated carbocycles. The summed E-state index contributed by atoms with van der Waals surface area (Å²) in [5.74, 6) is -4.12. The maximum absolute atomic E-state index is 13.4. The van der Waals surface area contributed by atoms with Gasteiger partial charge in [0.2, 0.25) is 5.91 Å². The molecule has 0 aromatic heterocycles. The van der Waals surface area contributed by atoms with Crippen LogP contribution in [0, 0.1) is 5.92 Å². The van der Waals surface area contributed by atoms with Gasteiger partial charge in [0, 0.05) is 18.8 Å². The standard InChI is InChI=1S/C28H30N2O13S3/c29-24(14-18-3-9-22(10-4-18)45(38,39)40)26(31)16-20(13-17-1-7-21(8-2-17)44(35,36)37)27(32)30-25(28(33)34)15-19-5-11-23(12-6-19)46(41,42)43/h1-12,20,24-25H,13-16,29H2,(H,30,32)(H,33,34)(H,35,36,37)(H,38,39,40)(H,41,42,43). The summed E-state index contributed by atoms with van der Waals surface area (Å²) in [4.78, 5) is 37.4. The average molecular weight is 699 g/mol. The summed E-state index contributed by atoms with van der Waals surface area (Å²) in [7, 11) is -13.4. The number of hydrogen-bond donors (Lipinski definition) is 6. The molecule has 15 nitrogen and oxygen atoms in total. The molecule has 0 radical (unpaired) electrons. The van der Waals surface area contributed by atoms with Crippen LogP contribution in [0.4, 0.5) is 0 Å². The Hall–Kier alpha value is -4.04. The zero-order valence-corrected chi connectivity index (χ0v) is 26.2. The van der Waals surface area contributed by atoms with Gasteiger partial charge in [0.25, 0.3) is 30.4 Å². The Morgan fingerprint density at radius 1 is 0.609 bits per heavy atom. The van der Waals surface area contributed by atoms with Gasteiger partial charge in [-0.15, -0.1) is 0 Å². The number of carboxylic acids is 1. The van der Waals surface area contributed by atoms with Gasteiger partial charge in [-0.3, -0.25) is 23.2 Å². The van der Waals surface area contributed by atoms with E-state index in [1.165, 1.54) is 36.4 Å². The van der Waals surface area contributed by atoms with Crippen molar-refractivity contribution in [1.29, 1.82) is 0 Å². The lowest BCUT2D eigenvalue weighted by molar-refractivity contribution is -0.142. The van der Waals surface area contributed by atoms with E-state index in [9.17, 15) is 49.3 Å². The number of aliphatic carboxylic acids is 1. The third kappa shape index (κ3) is 10.5. The molecule has 3 aromatic rings. The predicted molar refractivity (Wildman–Crippen MR) is 161 cm³/mol. The maximum atomic E-state index is 13.4. The van der Waals surface area contributed by atoms with Crippen LogP contribution in [0.5, 0.6) is 0 Å². The van der Waals surface area contributed by atoms with E-state index in [1.807, 2.05) is 0 Å². The molecule has 0 aliphatic carbocycles. The zero-order valence-electron chi connectivity index (χ0n) is 23.8. The zero-order chi connectivity index (χ0) is 34.4. The van der Waals surface area contributed by atoms with Gasteiger partial charge in [-0.05, 0) is 65.9 Å². The Bertz CT molecular complexity index is 1910. The maximum Gasteiger partial charge on any atom is 0.326 e. The molecule has 0 bridgehead atoms. The second kappa shape index (κ2) is 14.6. The Morgan fingerprint density at radius 3 is 1.30 bits per heavy atom. The van der Waals surface area contributed by atoms with Crippen molar-refractivity contribution >= 4 is 48.0 Å². The fraction of sp³-hybridized carbons (Fsp3) is 0.250. The number of carbonyl (C=O) groups is 3. The minimum absolute atomic E-state index is 0.0701. The summed E-state index contributed by atoms with van der Waals surface area (Å²) < 4.78 is 95.5. The summed E-state index contributed by atoms with van der Waals surface area (Å²) in [6, 6.07) is 11.6. The highest BCUT2D eigenvalue weighted by molar-refractivity contribution is 7.86. The van der Waals surface area contributed by atoms with Gasteiger partial charge in [0.15, 0.2) is 5.78 Å². The Balaban J connectivity index is 1.82. The van der Waals surface area contributed by atoms with E-state index in [-0.39, 0.29) is 24.2 Å². The minimum Gasteiger partial charge on any atom is -0.480 e. The second-order valence-corrected chi connectivity index (χ2v) is 14.6. The Labute approximate surface area is 264 Å². The Kier molecular flexibility index (Phi) is 11.6. The van der Waals surface area contributed by atoms with Gasteiger partial charge >= 0.3 is 5.97 Å². The molecule has 0 aliphatic heterocycles. The molecule has 248 valence electrons. The van der Waals surface area contributed by atoms with Gasteiger partial charge in [-0.1, -0.05) is 36.4 Å². The first-order valence-corrected chi connectivity index (χ1v) is 17.6. The van der Waals surface area contributed by atoms with Crippen LogP contribution in [0.3, 0.4) is 0 Å². The molecule has 0 saturated heterocycles. The molecular formula is C28H30N2O13S3. The smallest absolute Gasteiger partial charge is 0.326 e. The lowest BCUT2D eigenvalue weighted by Crippen LogP contribution is -2.46. The second-order valence-electron chi connectivity index (χ2n) is 10.3. The summed E-state index contributed by atoms with van der Waals surface area (Å²) in [6.07, 6.45) is -1.02. The number of rotatable bonds is 15. The van der Waals surface area contributed by atoms with Crippen LogP contribution < -0.4 is 11.1 Å². The molecule has 3 aromatic carbocycles. The average Bonchev–Trinajstić information content (AvgIpc) is 2.95. The van der Waals surface area contributed by atoms with Crippen LogP contribution in [-0.2, 0) is 64.0 Å². The molecule has 3 rings (SSSR count). The first kappa shape index (κ1) is 36.4. The summed E-state index contributed by atoms with van der Waals surface area (Å²) in [5, 5.41) is 12.1. The topological polar surface area (TPSA) is 273 Å². The number of carbonyl (C=O) groups excluding carboxylic acids is 2. The van der Waals surface area contributed by atoms with Gasteiger partial charge in [-0.2, -0.15) is 25.3 Å². The van der Waals surface area contributed by atoms with Gasteiger partial charge in [-0.25, -0.2) is 4.79 Å².